The Morgan fingerprint density at radius 2 is 2.00 bits per heavy atom. The van der Waals surface area contributed by atoms with E-state index in [9.17, 15) is 0 Å². The Hall–Kier alpha value is 0.880. The van der Waals surface area contributed by atoms with Crippen LogP contribution in [0.25, 0.3) is 0 Å². The van der Waals surface area contributed by atoms with Gasteiger partial charge in [-0.3, -0.25) is 0 Å². The van der Waals surface area contributed by atoms with E-state index in [-0.39, 0.29) is 2.57 Å². The van der Waals surface area contributed by atoms with Crippen LogP contribution < -0.4 is 0 Å². The first-order chi connectivity index (χ1) is 5.67. The van der Waals surface area contributed by atoms with E-state index in [4.69, 9.17) is 0 Å². The molecule has 0 nitrogen and oxygen atoms in total. The Kier molecular flexibility index (Phi) is 2.80. The average molecular weight is 326 g/mol. The van der Waals surface area contributed by atoms with E-state index in [2.05, 4.69) is 56.1 Å². The molecule has 0 bridgehead atoms. The van der Waals surface area contributed by atoms with Gasteiger partial charge in [0.2, 0.25) is 0 Å². The van der Waals surface area contributed by atoms with Crippen molar-refractivity contribution < 1.29 is 0 Å². The summed E-state index contributed by atoms with van der Waals surface area (Å²) in [4.78, 5) is 1.39. The van der Waals surface area contributed by atoms with Crippen molar-refractivity contribution in [2.45, 2.75) is 13.9 Å². The van der Waals surface area contributed by atoms with Crippen LogP contribution in [-0.2, 0) is 6.42 Å². The van der Waals surface area contributed by atoms with Gasteiger partial charge in [-0.2, -0.15) is 0 Å². The van der Waals surface area contributed by atoms with Gasteiger partial charge < -0.3 is 0 Å². The highest BCUT2D eigenvalue weighted by atomic mass is 79.9. The maximum absolute atomic E-state index is 3.62. The molecule has 0 unspecified atom stereocenters. The summed E-state index contributed by atoms with van der Waals surface area (Å²) in [6.45, 7) is 0. The minimum Gasteiger partial charge on any atom is -0.0619 e. The first-order valence-electron chi connectivity index (χ1n) is 3.49. The van der Waals surface area contributed by atoms with E-state index in [1.165, 1.54) is 10.5 Å². The van der Waals surface area contributed by atoms with E-state index < -0.39 is 0 Å². The lowest BCUT2D eigenvalue weighted by atomic mass is 10.2. The summed E-state index contributed by atoms with van der Waals surface area (Å²) in [5, 5.41) is 0. The number of benzene rings is 1. The van der Waals surface area contributed by atoms with E-state index >= 15 is 0 Å². The predicted molar refractivity (Wildman–Crippen MR) is 64.2 cm³/mol. The van der Waals surface area contributed by atoms with Gasteiger partial charge in [0, 0.05) is 11.3 Å². The quantitative estimate of drug-likeness (QED) is 0.511. The molecule has 0 amide bonds. The second-order valence-corrected chi connectivity index (χ2v) is 9.88. The van der Waals surface area contributed by atoms with Crippen LogP contribution >= 0.6 is 53.4 Å². The molecule has 0 spiro atoms. The molecule has 0 saturated heterocycles. The zero-order chi connectivity index (χ0) is 8.60. The molecule has 1 aromatic rings. The van der Waals surface area contributed by atoms with Gasteiger partial charge >= 0.3 is 0 Å². The maximum atomic E-state index is 3.62. The number of hydrogen-bond acceptors (Lipinski definition) is 2. The largest absolute Gasteiger partial charge is 0.140 e. The van der Waals surface area contributed by atoms with Crippen molar-refractivity contribution in [1.82, 2.24) is 0 Å². The summed E-state index contributed by atoms with van der Waals surface area (Å²) in [7, 11) is 3.63. The predicted octanol–water partition coefficient (Wildman–Crippen LogP) is 4.43. The molecular formula is C8H6Br2S2. The fraction of sp³-hybridized carbons (Fsp3) is 0.250. The van der Waals surface area contributed by atoms with E-state index in [0.717, 1.165) is 6.42 Å². The van der Waals surface area contributed by atoms with E-state index in [1.54, 1.807) is 0 Å². The average Bonchev–Trinajstić information content (AvgIpc) is 2.02. The van der Waals surface area contributed by atoms with Gasteiger partial charge in [-0.1, -0.05) is 71.6 Å². The minimum absolute atomic E-state index is 0.0268. The van der Waals surface area contributed by atoms with Gasteiger partial charge in [-0.25, -0.2) is 0 Å². The molecule has 0 N–H and O–H groups in total. The van der Waals surface area contributed by atoms with Crippen molar-refractivity contribution in [3.05, 3.63) is 29.8 Å². The molecule has 0 atom stereocenters. The molecule has 1 aromatic carbocycles. The molecule has 2 rings (SSSR count). The second-order valence-electron chi connectivity index (χ2n) is 2.59. The Balaban J connectivity index is 2.35. The highest BCUT2D eigenvalue weighted by Crippen LogP contribution is 2.55. The van der Waals surface area contributed by atoms with Crippen LogP contribution in [0.2, 0.25) is 0 Å². The van der Waals surface area contributed by atoms with Gasteiger partial charge in [-0.05, 0) is 11.6 Å². The fourth-order valence-corrected chi connectivity index (χ4v) is 4.99. The topological polar surface area (TPSA) is 0 Å². The molecule has 4 heteroatoms. The van der Waals surface area contributed by atoms with Crippen molar-refractivity contribution in [3.8, 4) is 0 Å². The van der Waals surface area contributed by atoms with Crippen LogP contribution in [0.5, 0.6) is 0 Å². The highest BCUT2D eigenvalue weighted by Gasteiger charge is 2.30. The lowest BCUT2D eigenvalue weighted by molar-refractivity contribution is 1.04. The van der Waals surface area contributed by atoms with Crippen molar-refractivity contribution in [1.29, 1.82) is 0 Å². The Labute approximate surface area is 96.5 Å². The molecule has 64 valence electrons. The summed E-state index contributed by atoms with van der Waals surface area (Å²) < 4.78 is 0.0268. The summed E-state index contributed by atoms with van der Waals surface area (Å²) in [6.07, 6.45) is 1.03. The van der Waals surface area contributed by atoms with Gasteiger partial charge in [0.15, 0.2) is 0 Å². The van der Waals surface area contributed by atoms with Crippen molar-refractivity contribution in [3.63, 3.8) is 0 Å². The monoisotopic (exact) mass is 324 g/mol. The first-order valence-corrected chi connectivity index (χ1v) is 7.22. The Bertz CT molecular complexity index is 299. The summed E-state index contributed by atoms with van der Waals surface area (Å²) in [5.74, 6) is 0. The number of fused-ring (bicyclic) bond motifs is 1. The van der Waals surface area contributed by atoms with Crippen molar-refractivity contribution in [2.75, 3.05) is 0 Å². The second kappa shape index (κ2) is 3.56. The minimum atomic E-state index is 0.0268. The molecule has 0 aromatic heterocycles. The van der Waals surface area contributed by atoms with E-state index in [0.29, 0.717) is 0 Å². The van der Waals surface area contributed by atoms with Crippen LogP contribution in [0.1, 0.15) is 5.56 Å². The molecule has 0 aliphatic carbocycles. The summed E-state index contributed by atoms with van der Waals surface area (Å²) in [6, 6.07) is 8.52. The first kappa shape index (κ1) is 9.44. The molecule has 1 aliphatic rings. The van der Waals surface area contributed by atoms with Gasteiger partial charge in [0.25, 0.3) is 0 Å². The Morgan fingerprint density at radius 3 is 2.83 bits per heavy atom. The third-order valence-electron chi connectivity index (χ3n) is 1.62. The van der Waals surface area contributed by atoms with Gasteiger partial charge in [-0.15, -0.1) is 0 Å². The molecule has 12 heavy (non-hydrogen) atoms. The van der Waals surface area contributed by atoms with E-state index in [1.807, 2.05) is 21.6 Å². The van der Waals surface area contributed by atoms with Gasteiger partial charge in [0.05, 0.1) is 0 Å². The summed E-state index contributed by atoms with van der Waals surface area (Å²) >= 11 is 7.24. The smallest absolute Gasteiger partial charge is 0.0619 e. The number of rotatable bonds is 0. The number of hydrogen-bond donors (Lipinski definition) is 0. The lowest BCUT2D eigenvalue weighted by Gasteiger charge is -2.25. The zero-order valence-electron chi connectivity index (χ0n) is 6.09. The van der Waals surface area contributed by atoms with Crippen LogP contribution in [0.15, 0.2) is 29.2 Å². The van der Waals surface area contributed by atoms with Crippen LogP contribution in [0, 0.1) is 0 Å². The van der Waals surface area contributed by atoms with Crippen LogP contribution in [0.4, 0.5) is 0 Å². The normalized spacial score (nSPS) is 20.2. The molecule has 0 radical (unpaired) electrons. The van der Waals surface area contributed by atoms with Crippen LogP contribution in [-0.4, -0.2) is 2.57 Å². The Morgan fingerprint density at radius 1 is 1.25 bits per heavy atom. The number of alkyl halides is 2. The molecule has 0 saturated carbocycles. The molecule has 1 aliphatic heterocycles. The third kappa shape index (κ3) is 2.03. The SMILES string of the molecule is BrC1(Br)Cc2ccccc2SS1. The molecule has 0 fully saturated rings. The van der Waals surface area contributed by atoms with Crippen LogP contribution in [0.3, 0.4) is 0 Å². The maximum Gasteiger partial charge on any atom is 0.140 e. The van der Waals surface area contributed by atoms with Crippen molar-refractivity contribution >= 4 is 53.4 Å². The standard InChI is InChI=1S/C8H6Br2S2/c9-8(10)5-6-3-1-2-4-7(6)11-12-8/h1-4H,5H2. The molecular weight excluding hydrogens is 320 g/mol. The van der Waals surface area contributed by atoms with Gasteiger partial charge in [0.1, 0.15) is 2.57 Å². The highest BCUT2D eigenvalue weighted by molar-refractivity contribution is 9.30. The fourth-order valence-electron chi connectivity index (χ4n) is 1.09. The zero-order valence-corrected chi connectivity index (χ0v) is 10.9. The number of halogens is 2. The summed E-state index contributed by atoms with van der Waals surface area (Å²) in [5.41, 5.74) is 1.41. The molecule has 1 heterocycles. The van der Waals surface area contributed by atoms with Crippen molar-refractivity contribution in [2.24, 2.45) is 0 Å². The lowest BCUT2D eigenvalue weighted by Crippen LogP contribution is -2.12. The third-order valence-corrected chi connectivity index (χ3v) is 7.13.